The zero-order valence-corrected chi connectivity index (χ0v) is 16.6. The molecular weight excluding hydrogens is 346 g/mol. The number of sulfonamides is 1. The van der Waals surface area contributed by atoms with Crippen molar-refractivity contribution >= 4 is 10.0 Å². The van der Waals surface area contributed by atoms with Crippen molar-refractivity contribution in [1.82, 2.24) is 4.31 Å². The van der Waals surface area contributed by atoms with E-state index in [9.17, 15) is 8.42 Å². The number of aryl methyl sites for hydroxylation is 2. The van der Waals surface area contributed by atoms with Gasteiger partial charge in [0.2, 0.25) is 10.0 Å². The molecule has 26 heavy (non-hydrogen) atoms. The van der Waals surface area contributed by atoms with Crippen molar-refractivity contribution in [2.24, 2.45) is 5.92 Å². The molecule has 0 radical (unpaired) electrons. The minimum Gasteiger partial charge on any atom is -0.495 e. The van der Waals surface area contributed by atoms with Crippen molar-refractivity contribution in [2.45, 2.75) is 38.0 Å². The monoisotopic (exact) mass is 373 g/mol. The van der Waals surface area contributed by atoms with Crippen LogP contribution in [0.2, 0.25) is 0 Å². The first-order chi connectivity index (χ1) is 12.4. The van der Waals surface area contributed by atoms with Crippen molar-refractivity contribution in [2.75, 3.05) is 20.2 Å². The summed E-state index contributed by atoms with van der Waals surface area (Å²) in [5.74, 6) is 0.963. The molecule has 3 rings (SSSR count). The molecule has 0 unspecified atom stereocenters. The van der Waals surface area contributed by atoms with E-state index in [0.717, 1.165) is 30.4 Å². The summed E-state index contributed by atoms with van der Waals surface area (Å²) < 4.78 is 33.2. The van der Waals surface area contributed by atoms with Crippen molar-refractivity contribution < 1.29 is 13.2 Å². The highest BCUT2D eigenvalue weighted by molar-refractivity contribution is 7.89. The van der Waals surface area contributed by atoms with Gasteiger partial charge in [0, 0.05) is 13.1 Å². The summed E-state index contributed by atoms with van der Waals surface area (Å²) in [5, 5.41) is 0. The van der Waals surface area contributed by atoms with Crippen LogP contribution < -0.4 is 4.74 Å². The summed E-state index contributed by atoms with van der Waals surface area (Å²) in [6, 6.07) is 14.0. The first kappa shape index (κ1) is 18.9. The number of rotatable bonds is 5. The molecule has 1 aliphatic heterocycles. The van der Waals surface area contributed by atoms with Gasteiger partial charge in [0.1, 0.15) is 10.6 Å². The second kappa shape index (κ2) is 7.80. The number of hydrogen-bond donors (Lipinski definition) is 0. The molecule has 1 heterocycles. The molecule has 1 fully saturated rings. The maximum absolute atomic E-state index is 13.1. The van der Waals surface area contributed by atoms with Crippen molar-refractivity contribution in [3.63, 3.8) is 0 Å². The van der Waals surface area contributed by atoms with Crippen LogP contribution in [0.5, 0.6) is 5.75 Å². The minimum atomic E-state index is -3.53. The zero-order valence-electron chi connectivity index (χ0n) is 15.7. The molecule has 0 atom stereocenters. The Kier molecular flexibility index (Phi) is 5.68. The lowest BCUT2D eigenvalue weighted by atomic mass is 9.91. The molecule has 2 aromatic carbocycles. The lowest BCUT2D eigenvalue weighted by Gasteiger charge is -2.31. The van der Waals surface area contributed by atoms with Gasteiger partial charge in [0.05, 0.1) is 7.11 Å². The Hall–Kier alpha value is -1.85. The molecule has 0 saturated carbocycles. The fourth-order valence-electron chi connectivity index (χ4n) is 3.56. The van der Waals surface area contributed by atoms with Crippen LogP contribution in [0.25, 0.3) is 0 Å². The van der Waals surface area contributed by atoms with E-state index in [4.69, 9.17) is 4.74 Å². The van der Waals surface area contributed by atoms with Crippen LogP contribution in [0.4, 0.5) is 0 Å². The molecule has 0 aliphatic carbocycles. The summed E-state index contributed by atoms with van der Waals surface area (Å²) in [7, 11) is -2.01. The minimum absolute atomic E-state index is 0.282. The highest BCUT2D eigenvalue weighted by Crippen LogP contribution is 2.32. The third-order valence-corrected chi connectivity index (χ3v) is 7.26. The van der Waals surface area contributed by atoms with Gasteiger partial charge in [0.15, 0.2) is 0 Å². The predicted octanol–water partition coefficient (Wildman–Crippen LogP) is 3.96. The number of ether oxygens (including phenoxy) is 1. The number of hydrogen-bond acceptors (Lipinski definition) is 3. The molecule has 0 spiro atoms. The second-order valence-electron chi connectivity index (χ2n) is 7.12. The van der Waals surface area contributed by atoms with Crippen LogP contribution in [0.15, 0.2) is 47.4 Å². The van der Waals surface area contributed by atoms with Gasteiger partial charge in [-0.3, -0.25) is 0 Å². The van der Waals surface area contributed by atoms with Gasteiger partial charge in [-0.15, -0.1) is 0 Å². The predicted molar refractivity (Wildman–Crippen MR) is 104 cm³/mol. The summed E-state index contributed by atoms with van der Waals surface area (Å²) in [4.78, 5) is 0.282. The third kappa shape index (κ3) is 3.94. The van der Waals surface area contributed by atoms with Crippen molar-refractivity contribution in [1.29, 1.82) is 0 Å². The number of methoxy groups -OCH3 is 1. The Morgan fingerprint density at radius 1 is 1.04 bits per heavy atom. The van der Waals surface area contributed by atoms with E-state index < -0.39 is 10.0 Å². The molecule has 0 amide bonds. The van der Waals surface area contributed by atoms with E-state index in [-0.39, 0.29) is 4.90 Å². The van der Waals surface area contributed by atoms with E-state index in [1.54, 1.807) is 10.4 Å². The highest BCUT2D eigenvalue weighted by Gasteiger charge is 2.31. The third-order valence-electron chi connectivity index (χ3n) is 5.34. The molecule has 4 nitrogen and oxygen atoms in total. The van der Waals surface area contributed by atoms with Crippen LogP contribution in [0.1, 0.15) is 29.5 Å². The topological polar surface area (TPSA) is 46.6 Å². The molecule has 0 bridgehead atoms. The van der Waals surface area contributed by atoms with Crippen LogP contribution in [0, 0.1) is 19.8 Å². The van der Waals surface area contributed by atoms with Gasteiger partial charge in [-0.1, -0.05) is 30.3 Å². The molecule has 0 N–H and O–H groups in total. The second-order valence-corrected chi connectivity index (χ2v) is 9.03. The average Bonchev–Trinajstić information content (AvgIpc) is 2.65. The Bertz CT molecular complexity index is 854. The first-order valence-electron chi connectivity index (χ1n) is 9.11. The molecular formula is C21H27NO3S. The molecule has 140 valence electrons. The summed E-state index contributed by atoms with van der Waals surface area (Å²) in [6.07, 6.45) is 2.80. The van der Waals surface area contributed by atoms with E-state index in [2.05, 4.69) is 24.3 Å². The molecule has 1 saturated heterocycles. The van der Waals surface area contributed by atoms with Crippen LogP contribution in [-0.4, -0.2) is 32.9 Å². The lowest BCUT2D eigenvalue weighted by molar-refractivity contribution is 0.272. The molecule has 2 aromatic rings. The SMILES string of the molecule is COc1cc(C)c(C)cc1S(=O)(=O)N1CCC(Cc2ccccc2)CC1. The Morgan fingerprint density at radius 3 is 2.27 bits per heavy atom. The van der Waals surface area contributed by atoms with E-state index in [0.29, 0.717) is 24.8 Å². The maximum atomic E-state index is 13.1. The maximum Gasteiger partial charge on any atom is 0.246 e. The zero-order chi connectivity index (χ0) is 18.7. The number of nitrogens with zero attached hydrogens (tertiary/aromatic N) is 1. The fraction of sp³-hybridized carbons (Fsp3) is 0.429. The molecule has 0 aromatic heterocycles. The largest absolute Gasteiger partial charge is 0.495 e. The summed E-state index contributed by atoms with van der Waals surface area (Å²) in [6.45, 7) is 5.02. The number of benzene rings is 2. The summed E-state index contributed by atoms with van der Waals surface area (Å²) in [5.41, 5.74) is 3.32. The van der Waals surface area contributed by atoms with Gasteiger partial charge in [-0.25, -0.2) is 8.42 Å². The van der Waals surface area contributed by atoms with Crippen LogP contribution >= 0.6 is 0 Å². The quantitative estimate of drug-likeness (QED) is 0.797. The molecule has 1 aliphatic rings. The van der Waals surface area contributed by atoms with Crippen LogP contribution in [-0.2, 0) is 16.4 Å². The molecule has 5 heteroatoms. The Balaban J connectivity index is 1.73. The highest BCUT2D eigenvalue weighted by atomic mass is 32.2. The first-order valence-corrected chi connectivity index (χ1v) is 10.5. The fourth-order valence-corrected chi connectivity index (χ4v) is 5.26. The smallest absolute Gasteiger partial charge is 0.246 e. The Labute approximate surface area is 156 Å². The standard InChI is InChI=1S/C21H27NO3S/c1-16-13-20(25-3)21(14-17(16)2)26(23,24)22-11-9-19(10-12-22)15-18-7-5-4-6-8-18/h4-8,13-14,19H,9-12,15H2,1-3H3. The van der Waals surface area contributed by atoms with Gasteiger partial charge in [0.25, 0.3) is 0 Å². The van der Waals surface area contributed by atoms with E-state index in [1.165, 1.54) is 12.7 Å². The van der Waals surface area contributed by atoms with Gasteiger partial charge >= 0.3 is 0 Å². The van der Waals surface area contributed by atoms with Gasteiger partial charge < -0.3 is 4.74 Å². The van der Waals surface area contributed by atoms with Gasteiger partial charge in [-0.2, -0.15) is 4.31 Å². The van der Waals surface area contributed by atoms with Gasteiger partial charge in [-0.05, 0) is 67.9 Å². The van der Waals surface area contributed by atoms with Crippen LogP contribution in [0.3, 0.4) is 0 Å². The van der Waals surface area contributed by atoms with Crippen molar-refractivity contribution in [3.8, 4) is 5.75 Å². The lowest BCUT2D eigenvalue weighted by Crippen LogP contribution is -2.39. The van der Waals surface area contributed by atoms with Crippen molar-refractivity contribution in [3.05, 3.63) is 59.2 Å². The number of piperidine rings is 1. The normalized spacial score (nSPS) is 16.6. The Morgan fingerprint density at radius 2 is 1.65 bits per heavy atom. The van der Waals surface area contributed by atoms with E-state index >= 15 is 0 Å². The average molecular weight is 374 g/mol. The summed E-state index contributed by atoms with van der Waals surface area (Å²) >= 11 is 0. The van der Waals surface area contributed by atoms with E-state index in [1.807, 2.05) is 26.0 Å².